The van der Waals surface area contributed by atoms with E-state index in [-0.39, 0.29) is 17.7 Å². The number of nitrogens with two attached hydrogens (primary N) is 1. The van der Waals surface area contributed by atoms with Crippen molar-refractivity contribution in [2.45, 2.75) is 13.3 Å². The van der Waals surface area contributed by atoms with E-state index in [1.165, 1.54) is 0 Å². The summed E-state index contributed by atoms with van der Waals surface area (Å²) >= 11 is 0. The van der Waals surface area contributed by atoms with E-state index in [1.54, 1.807) is 18.3 Å². The second kappa shape index (κ2) is 6.68. The monoisotopic (exact) mass is 367 g/mol. The molecule has 136 valence electrons. The Morgan fingerprint density at radius 3 is 2.82 bits per heavy atom. The summed E-state index contributed by atoms with van der Waals surface area (Å²) in [7, 11) is 0. The molecule has 1 amide bonds. The summed E-state index contributed by atoms with van der Waals surface area (Å²) in [5.74, 6) is -0.228. The van der Waals surface area contributed by atoms with E-state index >= 15 is 0 Å². The van der Waals surface area contributed by atoms with Gasteiger partial charge in [0.25, 0.3) is 0 Å². The van der Waals surface area contributed by atoms with E-state index in [9.17, 15) is 10.1 Å². The molecule has 1 heterocycles. The number of hydrogen-bond acceptors (Lipinski definition) is 5. The van der Waals surface area contributed by atoms with Crippen molar-refractivity contribution in [1.82, 2.24) is 4.98 Å². The molecule has 2 atom stereocenters. The normalized spacial score (nSPS) is 17.5. The molecule has 6 nitrogen and oxygen atoms in total. The number of nitrogens with zero attached hydrogens (tertiary/aromatic N) is 3. The van der Waals surface area contributed by atoms with Gasteiger partial charge in [-0.2, -0.15) is 10.5 Å². The van der Waals surface area contributed by atoms with E-state index < -0.39 is 0 Å². The zero-order valence-electron chi connectivity index (χ0n) is 15.2. The zero-order chi connectivity index (χ0) is 19.8. The Kier molecular flexibility index (Phi) is 4.18. The molecule has 6 heteroatoms. The largest absolute Gasteiger partial charge is 0.398 e. The second-order valence-electron chi connectivity index (χ2n) is 7.03. The molecular formula is C22H17N5O. The number of aromatic nitrogens is 1. The van der Waals surface area contributed by atoms with E-state index in [0.717, 1.165) is 27.5 Å². The van der Waals surface area contributed by atoms with E-state index in [4.69, 9.17) is 11.0 Å². The van der Waals surface area contributed by atoms with Crippen molar-refractivity contribution in [1.29, 1.82) is 10.5 Å². The molecule has 0 bridgehead atoms. The van der Waals surface area contributed by atoms with Crippen LogP contribution in [-0.2, 0) is 4.79 Å². The zero-order valence-corrected chi connectivity index (χ0v) is 15.2. The highest BCUT2D eigenvalue weighted by molar-refractivity contribution is 6.00. The highest BCUT2D eigenvalue weighted by atomic mass is 16.2. The number of anilines is 2. The van der Waals surface area contributed by atoms with Crippen molar-refractivity contribution in [3.63, 3.8) is 0 Å². The van der Waals surface area contributed by atoms with Crippen LogP contribution in [0.5, 0.6) is 0 Å². The summed E-state index contributed by atoms with van der Waals surface area (Å²) in [5, 5.41) is 22.7. The van der Waals surface area contributed by atoms with Crippen LogP contribution in [0.15, 0.2) is 42.6 Å². The minimum absolute atomic E-state index is 0.187. The summed E-state index contributed by atoms with van der Waals surface area (Å²) < 4.78 is 0. The van der Waals surface area contributed by atoms with Gasteiger partial charge in [-0.3, -0.25) is 4.79 Å². The van der Waals surface area contributed by atoms with Crippen molar-refractivity contribution in [3.8, 4) is 23.3 Å². The van der Waals surface area contributed by atoms with Crippen molar-refractivity contribution in [2.75, 3.05) is 11.1 Å². The lowest BCUT2D eigenvalue weighted by molar-refractivity contribution is -0.117. The van der Waals surface area contributed by atoms with Gasteiger partial charge in [-0.15, -0.1) is 0 Å². The van der Waals surface area contributed by atoms with Crippen molar-refractivity contribution < 1.29 is 4.79 Å². The number of benzene rings is 2. The summed E-state index contributed by atoms with van der Waals surface area (Å²) in [6.45, 7) is 1.95. The third-order valence-corrected chi connectivity index (χ3v) is 5.10. The van der Waals surface area contributed by atoms with Crippen LogP contribution < -0.4 is 11.1 Å². The van der Waals surface area contributed by atoms with Gasteiger partial charge >= 0.3 is 0 Å². The Balaban J connectivity index is 1.75. The quantitative estimate of drug-likeness (QED) is 0.684. The first-order valence-electron chi connectivity index (χ1n) is 8.91. The van der Waals surface area contributed by atoms with Crippen LogP contribution in [0.25, 0.3) is 21.9 Å². The Hall–Kier alpha value is -3.90. The minimum Gasteiger partial charge on any atom is -0.398 e. The molecule has 1 aliphatic rings. The van der Waals surface area contributed by atoms with Crippen LogP contribution in [0.4, 0.5) is 11.5 Å². The molecule has 1 fully saturated rings. The Bertz CT molecular complexity index is 1200. The number of nitriles is 2. The standard InChI is InChI=1S/C22H17N5O/c1-12-3-2-4-13(9-23)21(12)15-5-14-8-20(26-11-18(14)19(25)7-15)27-22(28)17-6-16(17)10-24/h2-5,7-8,11,16-17H,6,25H2,1H3,(H,26,27,28). The van der Waals surface area contributed by atoms with Crippen molar-refractivity contribution in [3.05, 3.63) is 53.7 Å². The molecular weight excluding hydrogens is 350 g/mol. The Morgan fingerprint density at radius 2 is 2.11 bits per heavy atom. The lowest BCUT2D eigenvalue weighted by atomic mass is 9.93. The number of carbonyl (C=O) groups is 1. The van der Waals surface area contributed by atoms with Crippen LogP contribution in [0.3, 0.4) is 0 Å². The Labute approximate surface area is 162 Å². The Morgan fingerprint density at radius 1 is 1.29 bits per heavy atom. The van der Waals surface area contributed by atoms with Gasteiger partial charge in [-0.1, -0.05) is 12.1 Å². The number of fused-ring (bicyclic) bond motifs is 1. The molecule has 1 aromatic heterocycles. The number of aryl methyl sites for hydroxylation is 1. The highest BCUT2D eigenvalue weighted by Crippen LogP contribution is 2.39. The van der Waals surface area contributed by atoms with Gasteiger partial charge < -0.3 is 11.1 Å². The summed E-state index contributed by atoms with van der Waals surface area (Å²) in [5.41, 5.74) is 10.0. The van der Waals surface area contributed by atoms with Gasteiger partial charge in [-0.25, -0.2) is 4.98 Å². The van der Waals surface area contributed by atoms with Crippen LogP contribution in [0, 0.1) is 41.4 Å². The summed E-state index contributed by atoms with van der Waals surface area (Å²) in [6, 6.07) is 15.5. The lowest BCUT2D eigenvalue weighted by Gasteiger charge is -2.12. The predicted molar refractivity (Wildman–Crippen MR) is 107 cm³/mol. The maximum absolute atomic E-state index is 12.2. The lowest BCUT2D eigenvalue weighted by Crippen LogP contribution is -2.15. The molecule has 28 heavy (non-hydrogen) atoms. The number of nitrogen functional groups attached to an aromatic ring is 1. The molecule has 4 rings (SSSR count). The number of amides is 1. The fraction of sp³-hybridized carbons (Fsp3) is 0.182. The maximum atomic E-state index is 12.2. The van der Waals surface area contributed by atoms with E-state index in [1.807, 2.05) is 31.2 Å². The molecule has 2 unspecified atom stereocenters. The highest BCUT2D eigenvalue weighted by Gasteiger charge is 2.43. The summed E-state index contributed by atoms with van der Waals surface area (Å²) in [6.07, 6.45) is 2.22. The van der Waals surface area contributed by atoms with Gasteiger partial charge in [0, 0.05) is 22.8 Å². The smallest absolute Gasteiger partial charge is 0.230 e. The van der Waals surface area contributed by atoms with Gasteiger partial charge in [0.2, 0.25) is 5.91 Å². The first kappa shape index (κ1) is 17.5. The van der Waals surface area contributed by atoms with E-state index in [2.05, 4.69) is 22.4 Å². The maximum Gasteiger partial charge on any atom is 0.230 e. The number of nitrogens with one attached hydrogen (secondary N) is 1. The average molecular weight is 367 g/mol. The molecule has 0 aliphatic heterocycles. The third-order valence-electron chi connectivity index (χ3n) is 5.10. The number of rotatable bonds is 3. The fourth-order valence-corrected chi connectivity index (χ4v) is 3.49. The second-order valence-corrected chi connectivity index (χ2v) is 7.03. The summed E-state index contributed by atoms with van der Waals surface area (Å²) in [4.78, 5) is 16.5. The molecule has 3 aromatic rings. The average Bonchev–Trinajstić information content (AvgIpc) is 3.47. The minimum atomic E-state index is -0.260. The van der Waals surface area contributed by atoms with E-state index in [0.29, 0.717) is 23.5 Å². The molecule has 3 N–H and O–H groups in total. The first-order valence-corrected chi connectivity index (χ1v) is 8.91. The van der Waals surface area contributed by atoms with Gasteiger partial charge in [-0.05, 0) is 54.1 Å². The molecule has 0 radical (unpaired) electrons. The van der Waals surface area contributed by atoms with Crippen LogP contribution in [0.1, 0.15) is 17.5 Å². The number of carbonyl (C=O) groups excluding carboxylic acids is 1. The van der Waals surface area contributed by atoms with Gasteiger partial charge in [0.15, 0.2) is 0 Å². The number of pyridine rings is 1. The molecule has 0 spiro atoms. The van der Waals surface area contributed by atoms with Crippen LogP contribution in [-0.4, -0.2) is 10.9 Å². The molecule has 1 aliphatic carbocycles. The number of hydrogen-bond donors (Lipinski definition) is 2. The molecule has 1 saturated carbocycles. The third kappa shape index (κ3) is 3.02. The molecule has 0 saturated heterocycles. The topological polar surface area (TPSA) is 116 Å². The van der Waals surface area contributed by atoms with Gasteiger partial charge in [0.1, 0.15) is 5.82 Å². The van der Waals surface area contributed by atoms with Crippen LogP contribution in [0.2, 0.25) is 0 Å². The first-order chi connectivity index (χ1) is 13.5. The predicted octanol–water partition coefficient (Wildman–Crippen LogP) is 3.76. The van der Waals surface area contributed by atoms with Crippen LogP contribution >= 0.6 is 0 Å². The van der Waals surface area contributed by atoms with Crippen molar-refractivity contribution >= 4 is 28.2 Å². The fourth-order valence-electron chi connectivity index (χ4n) is 3.49. The van der Waals surface area contributed by atoms with Gasteiger partial charge in [0.05, 0.1) is 29.5 Å². The SMILES string of the molecule is Cc1cccc(C#N)c1-c1cc(N)c2cnc(NC(=O)C3CC3C#N)cc2c1. The molecule has 2 aromatic carbocycles. The van der Waals surface area contributed by atoms with Crippen molar-refractivity contribution in [2.24, 2.45) is 11.8 Å².